The molecule has 1 heterocycles. The third-order valence-electron chi connectivity index (χ3n) is 4.08. The minimum atomic E-state index is -0.622. The predicted molar refractivity (Wildman–Crippen MR) is 105 cm³/mol. The summed E-state index contributed by atoms with van der Waals surface area (Å²) in [5.74, 6) is 0.841. The molecule has 0 spiro atoms. The van der Waals surface area contributed by atoms with E-state index in [-0.39, 0.29) is 0 Å². The Hall–Kier alpha value is -1.36. The summed E-state index contributed by atoms with van der Waals surface area (Å²) in [7, 11) is 0. The first-order valence-corrected chi connectivity index (χ1v) is 9.80. The van der Waals surface area contributed by atoms with Crippen LogP contribution in [-0.4, -0.2) is 11.7 Å². The molecule has 2 nitrogen and oxygen atoms in total. The Labute approximate surface area is 155 Å². The number of hydrogen-bond acceptors (Lipinski definition) is 3. The summed E-state index contributed by atoms with van der Waals surface area (Å²) in [5.41, 5.74) is 1.95. The highest BCUT2D eigenvalue weighted by Gasteiger charge is 2.18. The van der Waals surface area contributed by atoms with Gasteiger partial charge in [-0.2, -0.15) is 0 Å². The van der Waals surface area contributed by atoms with Gasteiger partial charge in [0.2, 0.25) is 0 Å². The molecule has 126 valence electrons. The van der Waals surface area contributed by atoms with Crippen molar-refractivity contribution in [3.8, 4) is 5.75 Å². The Kier molecular flexibility index (Phi) is 5.59. The molecular formula is C20H21BrO2S. The largest absolute Gasteiger partial charge is 0.492 e. The standard InChI is InChI=1S/C20H21BrO2S/c1-3-4-9-23-17-10-13(2)15(12-16(17)21)20(22)19-11-14-7-5-6-8-18(14)24-19/h5-8,10-12,20,22H,3-4,9H2,1-2H3. The van der Waals surface area contributed by atoms with Crippen LogP contribution in [0.2, 0.25) is 0 Å². The van der Waals surface area contributed by atoms with Crippen molar-refractivity contribution in [3.05, 3.63) is 62.9 Å². The van der Waals surface area contributed by atoms with Crippen LogP contribution in [0.4, 0.5) is 0 Å². The zero-order chi connectivity index (χ0) is 17.1. The van der Waals surface area contributed by atoms with Gasteiger partial charge in [0.25, 0.3) is 0 Å². The van der Waals surface area contributed by atoms with Crippen LogP contribution in [0, 0.1) is 6.92 Å². The number of aryl methyl sites for hydroxylation is 1. The molecule has 0 radical (unpaired) electrons. The number of aliphatic hydroxyl groups excluding tert-OH is 1. The Morgan fingerprint density at radius 1 is 1.21 bits per heavy atom. The van der Waals surface area contributed by atoms with Gasteiger partial charge in [0.1, 0.15) is 11.9 Å². The van der Waals surface area contributed by atoms with E-state index < -0.39 is 6.10 Å². The molecule has 1 atom stereocenters. The maximum atomic E-state index is 10.9. The SMILES string of the molecule is CCCCOc1cc(C)c(C(O)c2cc3ccccc3s2)cc1Br. The fourth-order valence-corrected chi connectivity index (χ4v) is 4.24. The summed E-state index contributed by atoms with van der Waals surface area (Å²) in [6.07, 6.45) is 1.53. The van der Waals surface area contributed by atoms with Crippen molar-refractivity contribution in [2.24, 2.45) is 0 Å². The number of fused-ring (bicyclic) bond motifs is 1. The molecule has 0 fully saturated rings. The Morgan fingerprint density at radius 2 is 2.00 bits per heavy atom. The van der Waals surface area contributed by atoms with E-state index in [4.69, 9.17) is 4.74 Å². The average molecular weight is 405 g/mol. The number of aliphatic hydroxyl groups is 1. The fourth-order valence-electron chi connectivity index (χ4n) is 2.69. The van der Waals surface area contributed by atoms with Gasteiger partial charge in [-0.15, -0.1) is 11.3 Å². The highest BCUT2D eigenvalue weighted by molar-refractivity contribution is 9.10. The van der Waals surface area contributed by atoms with Crippen molar-refractivity contribution in [1.82, 2.24) is 0 Å². The Bertz CT molecular complexity index is 808. The quantitative estimate of drug-likeness (QED) is 0.493. The van der Waals surface area contributed by atoms with Crippen LogP contribution in [0.15, 0.2) is 46.9 Å². The Morgan fingerprint density at radius 3 is 2.75 bits per heavy atom. The van der Waals surface area contributed by atoms with Gasteiger partial charge in [-0.1, -0.05) is 31.5 Å². The monoisotopic (exact) mass is 404 g/mol. The van der Waals surface area contributed by atoms with Gasteiger partial charge in [-0.05, 0) is 70.1 Å². The first-order valence-electron chi connectivity index (χ1n) is 8.19. The Balaban J connectivity index is 1.89. The maximum absolute atomic E-state index is 10.9. The van der Waals surface area contributed by atoms with E-state index >= 15 is 0 Å². The van der Waals surface area contributed by atoms with Gasteiger partial charge in [0.15, 0.2) is 0 Å². The van der Waals surface area contributed by atoms with Crippen molar-refractivity contribution < 1.29 is 9.84 Å². The number of ether oxygens (including phenoxy) is 1. The van der Waals surface area contributed by atoms with Gasteiger partial charge in [-0.3, -0.25) is 0 Å². The van der Waals surface area contributed by atoms with Gasteiger partial charge in [0, 0.05) is 9.58 Å². The minimum absolute atomic E-state index is 0.622. The second kappa shape index (κ2) is 7.68. The third-order valence-corrected chi connectivity index (χ3v) is 5.87. The number of benzene rings is 2. The molecule has 4 heteroatoms. The lowest BCUT2D eigenvalue weighted by atomic mass is 10.0. The summed E-state index contributed by atoms with van der Waals surface area (Å²) >= 11 is 5.22. The molecule has 1 aromatic heterocycles. The van der Waals surface area contributed by atoms with Crippen molar-refractivity contribution in [3.63, 3.8) is 0 Å². The van der Waals surface area contributed by atoms with Crippen LogP contribution in [0.25, 0.3) is 10.1 Å². The van der Waals surface area contributed by atoms with Crippen LogP contribution < -0.4 is 4.74 Å². The van der Waals surface area contributed by atoms with Crippen molar-refractivity contribution in [2.45, 2.75) is 32.8 Å². The number of unbranched alkanes of at least 4 members (excludes halogenated alkanes) is 1. The predicted octanol–water partition coefficient (Wildman–Crippen LogP) is 6.23. The molecule has 3 rings (SSSR count). The molecule has 0 aliphatic rings. The molecule has 0 bridgehead atoms. The van der Waals surface area contributed by atoms with Gasteiger partial charge in [-0.25, -0.2) is 0 Å². The van der Waals surface area contributed by atoms with Gasteiger partial charge in [0.05, 0.1) is 11.1 Å². The lowest BCUT2D eigenvalue weighted by Crippen LogP contribution is -2.03. The number of rotatable bonds is 6. The van der Waals surface area contributed by atoms with Crippen molar-refractivity contribution in [1.29, 1.82) is 0 Å². The summed E-state index contributed by atoms with van der Waals surface area (Å²) in [6, 6.07) is 14.3. The van der Waals surface area contributed by atoms with Crippen LogP contribution in [0.3, 0.4) is 0 Å². The second-order valence-electron chi connectivity index (χ2n) is 5.93. The van der Waals surface area contributed by atoms with Gasteiger partial charge >= 0.3 is 0 Å². The maximum Gasteiger partial charge on any atom is 0.133 e. The molecule has 0 aliphatic heterocycles. The first-order chi connectivity index (χ1) is 11.6. The molecular weight excluding hydrogens is 384 g/mol. The molecule has 0 saturated heterocycles. The van der Waals surface area contributed by atoms with Crippen LogP contribution in [0.1, 0.15) is 41.9 Å². The average Bonchev–Trinajstić information content (AvgIpc) is 3.01. The lowest BCUT2D eigenvalue weighted by molar-refractivity contribution is 0.223. The summed E-state index contributed by atoms with van der Waals surface area (Å²) < 4.78 is 7.91. The molecule has 1 unspecified atom stereocenters. The molecule has 1 N–H and O–H groups in total. The first kappa shape index (κ1) is 17.5. The topological polar surface area (TPSA) is 29.5 Å². The van der Waals surface area contributed by atoms with E-state index in [2.05, 4.69) is 41.1 Å². The van der Waals surface area contributed by atoms with E-state index in [1.54, 1.807) is 11.3 Å². The van der Waals surface area contributed by atoms with Crippen LogP contribution >= 0.6 is 27.3 Å². The second-order valence-corrected chi connectivity index (χ2v) is 7.90. The van der Waals surface area contributed by atoms with E-state index in [0.29, 0.717) is 6.61 Å². The van der Waals surface area contributed by atoms with E-state index in [9.17, 15) is 5.11 Å². The van der Waals surface area contributed by atoms with E-state index in [0.717, 1.165) is 39.1 Å². The van der Waals surface area contributed by atoms with Crippen LogP contribution in [0.5, 0.6) is 5.75 Å². The van der Waals surface area contributed by atoms with Crippen molar-refractivity contribution in [2.75, 3.05) is 6.61 Å². The third kappa shape index (κ3) is 3.66. The smallest absolute Gasteiger partial charge is 0.133 e. The zero-order valence-corrected chi connectivity index (χ0v) is 16.3. The molecule has 0 amide bonds. The fraction of sp³-hybridized carbons (Fsp3) is 0.300. The van der Waals surface area contributed by atoms with Gasteiger partial charge < -0.3 is 9.84 Å². The molecule has 0 saturated carbocycles. The summed E-state index contributed by atoms with van der Waals surface area (Å²) in [6.45, 7) is 4.88. The zero-order valence-electron chi connectivity index (χ0n) is 13.9. The van der Waals surface area contributed by atoms with Crippen molar-refractivity contribution >= 4 is 37.4 Å². The van der Waals surface area contributed by atoms with Crippen LogP contribution in [-0.2, 0) is 0 Å². The summed E-state index contributed by atoms with van der Waals surface area (Å²) in [5, 5.41) is 12.0. The highest BCUT2D eigenvalue weighted by Crippen LogP contribution is 2.37. The van der Waals surface area contributed by atoms with E-state index in [1.807, 2.05) is 31.2 Å². The lowest BCUT2D eigenvalue weighted by Gasteiger charge is -2.16. The number of hydrogen-bond donors (Lipinski definition) is 1. The molecule has 3 aromatic rings. The molecule has 2 aromatic carbocycles. The molecule has 24 heavy (non-hydrogen) atoms. The van der Waals surface area contributed by atoms with E-state index in [1.165, 1.54) is 10.1 Å². The number of halogens is 1. The molecule has 0 aliphatic carbocycles. The summed E-state index contributed by atoms with van der Waals surface area (Å²) in [4.78, 5) is 0.964. The minimum Gasteiger partial charge on any atom is -0.492 e. The number of thiophene rings is 1. The normalized spacial score (nSPS) is 12.5. The highest BCUT2D eigenvalue weighted by atomic mass is 79.9.